The molecule has 4 aromatic rings. The molecule has 276 valence electrons. The summed E-state index contributed by atoms with van der Waals surface area (Å²) >= 11 is 0. The molecule has 0 radical (unpaired) electrons. The van der Waals surface area contributed by atoms with Gasteiger partial charge in [0.2, 0.25) is 0 Å². The molecule has 0 saturated carbocycles. The third kappa shape index (κ3) is 11.7. The highest BCUT2D eigenvalue weighted by atomic mass is 16.3. The zero-order chi connectivity index (χ0) is 36.4. The van der Waals surface area contributed by atoms with E-state index in [1.54, 1.807) is 0 Å². The van der Waals surface area contributed by atoms with Crippen molar-refractivity contribution < 1.29 is 10.2 Å². The molecule has 0 fully saturated rings. The Labute approximate surface area is 311 Å². The van der Waals surface area contributed by atoms with Crippen molar-refractivity contribution >= 4 is 0 Å². The average Bonchev–Trinajstić information content (AvgIpc) is 3.16. The minimum absolute atomic E-state index is 0.0578. The predicted octanol–water partition coefficient (Wildman–Crippen LogP) is 14.5. The van der Waals surface area contributed by atoms with Crippen LogP contribution in [-0.2, 0) is 12.8 Å². The Kier molecular flexibility index (Phi) is 17.2. The van der Waals surface area contributed by atoms with Crippen LogP contribution in [0.2, 0.25) is 0 Å². The van der Waals surface area contributed by atoms with Crippen LogP contribution in [0, 0.1) is 0 Å². The number of unbranched alkanes of at least 4 members (excludes halogenated alkanes) is 12. The molecule has 0 heterocycles. The number of benzene rings is 4. The quantitative estimate of drug-likeness (QED) is 0.0762. The number of hydrogen-bond donors (Lipinski definition) is 2. The molecule has 0 aliphatic heterocycles. The van der Waals surface area contributed by atoms with Gasteiger partial charge in [-0.1, -0.05) is 197 Å². The van der Waals surface area contributed by atoms with E-state index in [2.05, 4.69) is 120 Å². The zero-order valence-corrected chi connectivity index (χ0v) is 32.7. The van der Waals surface area contributed by atoms with E-state index in [9.17, 15) is 10.2 Å². The van der Waals surface area contributed by atoms with Crippen molar-refractivity contribution in [2.45, 2.75) is 162 Å². The van der Waals surface area contributed by atoms with Gasteiger partial charge in [0.1, 0.15) is 11.5 Å². The van der Waals surface area contributed by atoms with Crippen molar-refractivity contribution in [3.8, 4) is 11.5 Å². The van der Waals surface area contributed by atoms with Crippen molar-refractivity contribution in [3.63, 3.8) is 0 Å². The lowest BCUT2D eigenvalue weighted by atomic mass is 9.79. The molecule has 0 aliphatic carbocycles. The Balaban J connectivity index is 1.73. The molecule has 51 heavy (non-hydrogen) atoms. The van der Waals surface area contributed by atoms with E-state index in [1.165, 1.54) is 99.3 Å². The number of phenolic OH excluding ortho intramolecular Hbond substituents is 2. The molecule has 0 aliphatic rings. The van der Waals surface area contributed by atoms with Crippen LogP contribution in [0.1, 0.15) is 193 Å². The van der Waals surface area contributed by atoms with Crippen molar-refractivity contribution in [1.29, 1.82) is 0 Å². The Bertz CT molecular complexity index is 1440. The fraction of sp³-hybridized carbons (Fsp3) is 0.510. The summed E-state index contributed by atoms with van der Waals surface area (Å²) < 4.78 is 0. The van der Waals surface area contributed by atoms with Crippen LogP contribution in [0.4, 0.5) is 0 Å². The largest absolute Gasteiger partial charge is 0.507 e. The van der Waals surface area contributed by atoms with Crippen LogP contribution in [-0.4, -0.2) is 10.2 Å². The summed E-state index contributed by atoms with van der Waals surface area (Å²) in [5.74, 6) is 0.772. The molecule has 4 aromatic carbocycles. The predicted molar refractivity (Wildman–Crippen MR) is 220 cm³/mol. The molecule has 0 spiro atoms. The molecule has 0 saturated heterocycles. The van der Waals surface area contributed by atoms with Gasteiger partial charge in [0.05, 0.1) is 0 Å². The Morgan fingerprint density at radius 3 is 1.12 bits per heavy atom. The van der Waals surface area contributed by atoms with Gasteiger partial charge >= 0.3 is 0 Å². The first kappa shape index (κ1) is 40.3. The highest BCUT2D eigenvalue weighted by Crippen LogP contribution is 2.46. The molecule has 2 unspecified atom stereocenters. The topological polar surface area (TPSA) is 40.5 Å². The molecule has 2 heteroatoms. The summed E-state index contributed by atoms with van der Waals surface area (Å²) in [6.45, 7) is 11.2. The van der Waals surface area contributed by atoms with Gasteiger partial charge in [0.25, 0.3) is 0 Å². The summed E-state index contributed by atoms with van der Waals surface area (Å²) in [4.78, 5) is 0. The molecule has 4 rings (SSSR count). The maximum atomic E-state index is 12.2. The number of aryl methyl sites for hydroxylation is 2. The summed E-state index contributed by atoms with van der Waals surface area (Å²) in [6.07, 6.45) is 20.7. The minimum atomic E-state index is -0.114. The third-order valence-electron chi connectivity index (χ3n) is 11.3. The SMILES string of the molecule is CCCCCCCCCc1cc(C(C)c2ccccc2)c(O)c(C(CC)c2cc(CCCCCCCCC)cc(C(C)c3ccccc3)c2O)c1. The van der Waals surface area contributed by atoms with E-state index in [1.807, 2.05) is 0 Å². The number of phenols is 2. The summed E-state index contributed by atoms with van der Waals surface area (Å²) in [7, 11) is 0. The van der Waals surface area contributed by atoms with Gasteiger partial charge in [0, 0.05) is 40.0 Å². The number of rotatable bonds is 23. The second-order valence-electron chi connectivity index (χ2n) is 15.2. The van der Waals surface area contributed by atoms with Crippen LogP contribution in [0.15, 0.2) is 84.9 Å². The molecule has 0 aromatic heterocycles. The zero-order valence-electron chi connectivity index (χ0n) is 32.7. The van der Waals surface area contributed by atoms with E-state index in [4.69, 9.17) is 0 Å². The van der Waals surface area contributed by atoms with Gasteiger partial charge in [-0.3, -0.25) is 0 Å². The van der Waals surface area contributed by atoms with Crippen LogP contribution < -0.4 is 0 Å². The molecular weight excluding hydrogens is 621 g/mol. The minimum Gasteiger partial charge on any atom is -0.507 e. The maximum Gasteiger partial charge on any atom is 0.123 e. The monoisotopic (exact) mass is 689 g/mol. The first-order valence-electron chi connectivity index (χ1n) is 20.7. The molecular formula is C49H68O2. The fourth-order valence-corrected chi connectivity index (χ4v) is 7.99. The Hall–Kier alpha value is -3.52. The van der Waals surface area contributed by atoms with Crippen LogP contribution in [0.3, 0.4) is 0 Å². The van der Waals surface area contributed by atoms with Gasteiger partial charge in [-0.25, -0.2) is 0 Å². The van der Waals surface area contributed by atoms with Gasteiger partial charge in [-0.15, -0.1) is 0 Å². The second-order valence-corrected chi connectivity index (χ2v) is 15.2. The normalized spacial score (nSPS) is 13.3. The molecule has 2 nitrogen and oxygen atoms in total. The van der Waals surface area contributed by atoms with Gasteiger partial charge in [-0.2, -0.15) is 0 Å². The first-order chi connectivity index (χ1) is 24.9. The lowest BCUT2D eigenvalue weighted by molar-refractivity contribution is 0.443. The molecule has 2 N–H and O–H groups in total. The van der Waals surface area contributed by atoms with E-state index >= 15 is 0 Å². The standard InChI is InChI=1S/C49H68O2/c1-6-9-11-13-15-17-21-27-39-33-44(37(4)41-29-23-19-24-30-41)48(50)46(35-39)43(8-3)47-36-40(28-22-18-16-14-12-10-7-2)34-45(49(47)51)38(5)42-31-25-20-26-32-42/h19-20,23-26,29-38,43,50-51H,6-18,21-22,27-28H2,1-5H3. The summed E-state index contributed by atoms with van der Waals surface area (Å²) in [6, 6.07) is 30.2. The first-order valence-corrected chi connectivity index (χ1v) is 20.7. The summed E-state index contributed by atoms with van der Waals surface area (Å²) in [5.41, 5.74) is 8.90. The molecule has 0 amide bonds. The fourth-order valence-electron chi connectivity index (χ4n) is 7.99. The number of aromatic hydroxyl groups is 2. The van der Waals surface area contributed by atoms with E-state index in [0.29, 0.717) is 11.5 Å². The molecule has 0 bridgehead atoms. The summed E-state index contributed by atoms with van der Waals surface area (Å²) in [5, 5.41) is 24.4. The maximum absolute atomic E-state index is 12.2. The van der Waals surface area contributed by atoms with E-state index in [0.717, 1.165) is 54.4 Å². The highest BCUT2D eigenvalue weighted by Gasteiger charge is 2.27. The second kappa shape index (κ2) is 21.8. The van der Waals surface area contributed by atoms with Gasteiger partial charge in [-0.05, 0) is 54.4 Å². The lowest BCUT2D eigenvalue weighted by Crippen LogP contribution is -2.09. The smallest absolute Gasteiger partial charge is 0.123 e. The highest BCUT2D eigenvalue weighted by molar-refractivity contribution is 5.57. The lowest BCUT2D eigenvalue weighted by Gasteiger charge is -2.26. The van der Waals surface area contributed by atoms with Crippen molar-refractivity contribution in [1.82, 2.24) is 0 Å². The average molecular weight is 689 g/mol. The van der Waals surface area contributed by atoms with Gasteiger partial charge < -0.3 is 10.2 Å². The van der Waals surface area contributed by atoms with Crippen LogP contribution in [0.25, 0.3) is 0 Å². The van der Waals surface area contributed by atoms with E-state index in [-0.39, 0.29) is 17.8 Å². The Morgan fingerprint density at radius 1 is 0.431 bits per heavy atom. The van der Waals surface area contributed by atoms with Crippen molar-refractivity contribution in [3.05, 3.63) is 129 Å². The van der Waals surface area contributed by atoms with Crippen LogP contribution in [0.5, 0.6) is 11.5 Å². The van der Waals surface area contributed by atoms with Crippen molar-refractivity contribution in [2.75, 3.05) is 0 Å². The van der Waals surface area contributed by atoms with E-state index < -0.39 is 0 Å². The molecule has 2 atom stereocenters. The Morgan fingerprint density at radius 2 is 0.765 bits per heavy atom. The van der Waals surface area contributed by atoms with Gasteiger partial charge in [0.15, 0.2) is 0 Å². The van der Waals surface area contributed by atoms with Crippen molar-refractivity contribution in [2.24, 2.45) is 0 Å². The van der Waals surface area contributed by atoms with Crippen LogP contribution >= 0.6 is 0 Å². The third-order valence-corrected chi connectivity index (χ3v) is 11.3. The number of hydrogen-bond acceptors (Lipinski definition) is 2.